The quantitative estimate of drug-likeness (QED) is 0.402. The molecular weight excluding hydrogens is 362 g/mol. The Bertz CT molecular complexity index is 889. The van der Waals surface area contributed by atoms with Gasteiger partial charge in [-0.15, -0.1) is 6.58 Å². The summed E-state index contributed by atoms with van der Waals surface area (Å²) in [4.78, 5) is 14.7. The molecule has 3 nitrogen and oxygen atoms in total. The molecule has 0 spiro atoms. The molecule has 132 valence electrons. The molecular formula is C21H19NO2S2. The highest BCUT2D eigenvalue weighted by atomic mass is 32.2. The molecule has 0 aromatic heterocycles. The summed E-state index contributed by atoms with van der Waals surface area (Å²) in [6.07, 6.45) is 3.51. The van der Waals surface area contributed by atoms with Crippen LogP contribution in [0.25, 0.3) is 6.08 Å². The Balaban J connectivity index is 1.80. The normalized spacial score (nSPS) is 15.6. The van der Waals surface area contributed by atoms with Crippen LogP contribution in [0.4, 0.5) is 0 Å². The van der Waals surface area contributed by atoms with Crippen LogP contribution < -0.4 is 4.74 Å². The second-order valence-electron chi connectivity index (χ2n) is 5.90. The van der Waals surface area contributed by atoms with Gasteiger partial charge in [0.2, 0.25) is 0 Å². The number of benzene rings is 2. The monoisotopic (exact) mass is 381 g/mol. The molecule has 26 heavy (non-hydrogen) atoms. The number of ether oxygens (including phenoxy) is 1. The van der Waals surface area contributed by atoms with E-state index in [2.05, 4.69) is 25.6 Å². The molecule has 0 radical (unpaired) electrons. The van der Waals surface area contributed by atoms with Gasteiger partial charge in [0.25, 0.3) is 5.91 Å². The molecule has 1 saturated heterocycles. The zero-order chi connectivity index (χ0) is 18.5. The second-order valence-corrected chi connectivity index (χ2v) is 7.57. The minimum Gasteiger partial charge on any atom is -0.488 e. The van der Waals surface area contributed by atoms with Crippen molar-refractivity contribution in [1.29, 1.82) is 0 Å². The van der Waals surface area contributed by atoms with Crippen LogP contribution in [0.15, 0.2) is 66.1 Å². The Morgan fingerprint density at radius 3 is 2.81 bits per heavy atom. The first-order valence-electron chi connectivity index (χ1n) is 8.22. The van der Waals surface area contributed by atoms with Gasteiger partial charge in [0, 0.05) is 12.1 Å². The highest BCUT2D eigenvalue weighted by Gasteiger charge is 2.31. The van der Waals surface area contributed by atoms with E-state index < -0.39 is 0 Å². The van der Waals surface area contributed by atoms with Crippen molar-refractivity contribution in [3.63, 3.8) is 0 Å². The molecule has 0 aliphatic carbocycles. The molecule has 0 bridgehead atoms. The van der Waals surface area contributed by atoms with Crippen LogP contribution in [0.5, 0.6) is 5.75 Å². The highest BCUT2D eigenvalue weighted by molar-refractivity contribution is 8.26. The first-order valence-corrected chi connectivity index (χ1v) is 9.44. The number of amides is 1. The van der Waals surface area contributed by atoms with Crippen LogP contribution in [0.2, 0.25) is 0 Å². The van der Waals surface area contributed by atoms with E-state index in [4.69, 9.17) is 17.0 Å². The van der Waals surface area contributed by atoms with E-state index in [1.807, 2.05) is 42.5 Å². The standard InChI is InChI=1S/C21H19NO2S2/c1-3-11-22-20(23)19(26-21(22)25)13-17-9-4-5-10-18(17)24-14-16-8-6-7-15(2)12-16/h3-10,12-13H,1,11,14H2,2H3/b19-13-. The van der Waals surface area contributed by atoms with Gasteiger partial charge in [-0.2, -0.15) is 0 Å². The number of para-hydroxylation sites is 1. The van der Waals surface area contributed by atoms with Crippen molar-refractivity contribution in [1.82, 2.24) is 4.90 Å². The maximum absolute atomic E-state index is 12.5. The number of thiocarbonyl (C=S) groups is 1. The van der Waals surface area contributed by atoms with Gasteiger partial charge < -0.3 is 4.74 Å². The molecule has 0 N–H and O–H groups in total. The lowest BCUT2D eigenvalue weighted by Gasteiger charge is -2.11. The van der Waals surface area contributed by atoms with Gasteiger partial charge in [-0.3, -0.25) is 9.69 Å². The van der Waals surface area contributed by atoms with Crippen molar-refractivity contribution in [3.8, 4) is 5.75 Å². The largest absolute Gasteiger partial charge is 0.488 e. The Morgan fingerprint density at radius 2 is 2.04 bits per heavy atom. The van der Waals surface area contributed by atoms with Crippen molar-refractivity contribution < 1.29 is 9.53 Å². The lowest BCUT2D eigenvalue weighted by Crippen LogP contribution is -2.27. The number of aryl methyl sites for hydroxylation is 1. The van der Waals surface area contributed by atoms with Crippen molar-refractivity contribution in [2.24, 2.45) is 0 Å². The van der Waals surface area contributed by atoms with Gasteiger partial charge >= 0.3 is 0 Å². The predicted octanol–water partition coefficient (Wildman–Crippen LogP) is 4.96. The smallest absolute Gasteiger partial charge is 0.266 e. The summed E-state index contributed by atoms with van der Waals surface area (Å²) in [6.45, 7) is 6.63. The molecule has 2 aromatic carbocycles. The lowest BCUT2D eigenvalue weighted by atomic mass is 10.1. The van der Waals surface area contributed by atoms with Gasteiger partial charge in [0.1, 0.15) is 16.7 Å². The summed E-state index contributed by atoms with van der Waals surface area (Å²) < 4.78 is 6.55. The average molecular weight is 382 g/mol. The van der Waals surface area contributed by atoms with E-state index in [1.165, 1.54) is 17.3 Å². The number of thioether (sulfide) groups is 1. The summed E-state index contributed by atoms with van der Waals surface area (Å²) in [5.74, 6) is 0.649. The predicted molar refractivity (Wildman–Crippen MR) is 112 cm³/mol. The third-order valence-electron chi connectivity index (χ3n) is 3.87. The number of hydrogen-bond acceptors (Lipinski definition) is 4. The Kier molecular flexibility index (Phi) is 5.91. The first kappa shape index (κ1) is 18.4. The SMILES string of the molecule is C=CCN1C(=O)/C(=C/c2ccccc2OCc2cccc(C)c2)SC1=S. The molecule has 1 amide bonds. The van der Waals surface area contributed by atoms with Crippen LogP contribution in [-0.2, 0) is 11.4 Å². The fourth-order valence-corrected chi connectivity index (χ4v) is 3.89. The van der Waals surface area contributed by atoms with Gasteiger partial charge in [-0.1, -0.05) is 78.1 Å². The summed E-state index contributed by atoms with van der Waals surface area (Å²) in [6, 6.07) is 15.9. The molecule has 1 heterocycles. The van der Waals surface area contributed by atoms with Gasteiger partial charge in [-0.25, -0.2) is 0 Å². The summed E-state index contributed by atoms with van der Waals surface area (Å²) in [7, 11) is 0. The topological polar surface area (TPSA) is 29.5 Å². The van der Waals surface area contributed by atoms with E-state index in [1.54, 1.807) is 11.0 Å². The maximum atomic E-state index is 12.5. The third kappa shape index (κ3) is 4.23. The third-order valence-corrected chi connectivity index (χ3v) is 5.25. The van der Waals surface area contributed by atoms with Crippen molar-refractivity contribution >= 4 is 40.3 Å². The molecule has 1 aliphatic rings. The Morgan fingerprint density at radius 1 is 1.23 bits per heavy atom. The number of hydrogen-bond donors (Lipinski definition) is 0. The van der Waals surface area contributed by atoms with E-state index in [0.29, 0.717) is 22.4 Å². The van der Waals surface area contributed by atoms with E-state index >= 15 is 0 Å². The summed E-state index contributed by atoms with van der Waals surface area (Å²) >= 11 is 6.59. The minimum absolute atomic E-state index is 0.0895. The molecule has 0 saturated carbocycles. The molecule has 3 rings (SSSR count). The van der Waals surface area contributed by atoms with E-state index in [9.17, 15) is 4.79 Å². The number of carbonyl (C=O) groups is 1. The fourth-order valence-electron chi connectivity index (χ4n) is 2.62. The molecule has 1 aliphatic heterocycles. The van der Waals surface area contributed by atoms with Gasteiger partial charge in [-0.05, 0) is 24.6 Å². The molecule has 1 fully saturated rings. The van der Waals surface area contributed by atoms with Gasteiger partial charge in [0.05, 0.1) is 4.91 Å². The fraction of sp³-hybridized carbons (Fsp3) is 0.143. The van der Waals surface area contributed by atoms with Crippen molar-refractivity contribution in [3.05, 3.63) is 82.8 Å². The van der Waals surface area contributed by atoms with Crippen LogP contribution in [0, 0.1) is 6.92 Å². The van der Waals surface area contributed by atoms with Crippen molar-refractivity contribution in [2.45, 2.75) is 13.5 Å². The Hall–Kier alpha value is -2.37. The van der Waals surface area contributed by atoms with Gasteiger partial charge in [0.15, 0.2) is 0 Å². The molecule has 0 unspecified atom stereocenters. The molecule has 2 aromatic rings. The zero-order valence-corrected chi connectivity index (χ0v) is 16.1. The maximum Gasteiger partial charge on any atom is 0.266 e. The number of nitrogens with zero attached hydrogens (tertiary/aromatic N) is 1. The lowest BCUT2D eigenvalue weighted by molar-refractivity contribution is -0.121. The second kappa shape index (κ2) is 8.34. The van der Waals surface area contributed by atoms with Crippen LogP contribution in [0.3, 0.4) is 0 Å². The minimum atomic E-state index is -0.0895. The summed E-state index contributed by atoms with van der Waals surface area (Å²) in [5, 5.41) is 0. The van der Waals surface area contributed by atoms with E-state index in [-0.39, 0.29) is 5.91 Å². The number of rotatable bonds is 6. The molecule has 0 atom stereocenters. The highest BCUT2D eigenvalue weighted by Crippen LogP contribution is 2.34. The molecule has 5 heteroatoms. The van der Waals surface area contributed by atoms with Crippen LogP contribution in [0.1, 0.15) is 16.7 Å². The van der Waals surface area contributed by atoms with Crippen LogP contribution in [-0.4, -0.2) is 21.7 Å². The Labute approximate surface area is 163 Å². The first-order chi connectivity index (χ1) is 12.6. The summed E-state index contributed by atoms with van der Waals surface area (Å²) in [5.41, 5.74) is 3.17. The van der Waals surface area contributed by atoms with E-state index in [0.717, 1.165) is 16.9 Å². The van der Waals surface area contributed by atoms with Crippen LogP contribution >= 0.6 is 24.0 Å². The zero-order valence-electron chi connectivity index (χ0n) is 14.5. The number of carbonyl (C=O) groups excluding carboxylic acids is 1. The average Bonchev–Trinajstić information content (AvgIpc) is 2.89. The van der Waals surface area contributed by atoms with Crippen molar-refractivity contribution in [2.75, 3.05) is 6.54 Å².